The van der Waals surface area contributed by atoms with Crippen molar-refractivity contribution in [3.05, 3.63) is 46.5 Å². The summed E-state index contributed by atoms with van der Waals surface area (Å²) in [6.45, 7) is 0. The zero-order valence-electron chi connectivity index (χ0n) is 12.2. The Hall–Kier alpha value is -2.10. The highest BCUT2D eigenvalue weighted by molar-refractivity contribution is 6.06. The molecular weight excluding hydrogens is 266 g/mol. The van der Waals surface area contributed by atoms with Crippen LogP contribution in [-0.2, 0) is 0 Å². The molecule has 1 amide bonds. The first-order valence-electron chi connectivity index (χ1n) is 7.46. The first-order valence-corrected chi connectivity index (χ1v) is 7.46. The van der Waals surface area contributed by atoms with Gasteiger partial charge in [-0.25, -0.2) is 4.79 Å². The quantitative estimate of drug-likeness (QED) is 0.851. The SMILES string of the molecule is CN(C(=O)c1coc(=O)c2ccccc12)C1CCCCC1. The first kappa shape index (κ1) is 13.9. The molecule has 0 saturated heterocycles. The van der Waals surface area contributed by atoms with Gasteiger partial charge in [0.1, 0.15) is 6.26 Å². The summed E-state index contributed by atoms with van der Waals surface area (Å²) in [5, 5.41) is 1.13. The molecule has 21 heavy (non-hydrogen) atoms. The van der Waals surface area contributed by atoms with Crippen molar-refractivity contribution in [1.29, 1.82) is 0 Å². The number of nitrogens with zero attached hydrogens (tertiary/aromatic N) is 1. The highest BCUT2D eigenvalue weighted by Gasteiger charge is 2.24. The molecule has 1 aromatic heterocycles. The van der Waals surface area contributed by atoms with Gasteiger partial charge in [0.2, 0.25) is 0 Å². The maximum atomic E-state index is 12.7. The molecule has 0 aliphatic heterocycles. The van der Waals surface area contributed by atoms with Crippen LogP contribution in [0.4, 0.5) is 0 Å². The molecule has 0 unspecified atom stereocenters. The lowest BCUT2D eigenvalue weighted by Gasteiger charge is -2.31. The lowest BCUT2D eigenvalue weighted by atomic mass is 9.94. The zero-order valence-corrected chi connectivity index (χ0v) is 12.2. The number of carbonyl (C=O) groups is 1. The van der Waals surface area contributed by atoms with Gasteiger partial charge in [0.05, 0.1) is 10.9 Å². The molecule has 0 bridgehead atoms. The average molecular weight is 285 g/mol. The normalized spacial score (nSPS) is 16.0. The Bertz CT molecular complexity index is 713. The monoisotopic (exact) mass is 285 g/mol. The van der Waals surface area contributed by atoms with Crippen LogP contribution in [0.5, 0.6) is 0 Å². The predicted octanol–water partition coefficient (Wildman–Crippen LogP) is 3.20. The summed E-state index contributed by atoms with van der Waals surface area (Å²) in [5.74, 6) is -0.0677. The lowest BCUT2D eigenvalue weighted by Crippen LogP contribution is -2.38. The van der Waals surface area contributed by atoms with E-state index in [9.17, 15) is 9.59 Å². The third-order valence-electron chi connectivity index (χ3n) is 4.39. The summed E-state index contributed by atoms with van der Waals surface area (Å²) < 4.78 is 5.03. The predicted molar refractivity (Wildman–Crippen MR) is 81.5 cm³/mol. The summed E-state index contributed by atoms with van der Waals surface area (Å²) >= 11 is 0. The smallest absolute Gasteiger partial charge is 0.343 e. The van der Waals surface area contributed by atoms with E-state index in [1.807, 2.05) is 13.1 Å². The molecule has 3 rings (SSSR count). The third-order valence-corrected chi connectivity index (χ3v) is 4.39. The van der Waals surface area contributed by atoms with Crippen molar-refractivity contribution >= 4 is 16.7 Å². The van der Waals surface area contributed by atoms with Crippen molar-refractivity contribution in [2.24, 2.45) is 0 Å². The Morgan fingerprint density at radius 1 is 1.14 bits per heavy atom. The van der Waals surface area contributed by atoms with E-state index in [2.05, 4.69) is 0 Å². The van der Waals surface area contributed by atoms with Crippen LogP contribution in [0.1, 0.15) is 42.5 Å². The largest absolute Gasteiger partial charge is 0.430 e. The van der Waals surface area contributed by atoms with Crippen molar-refractivity contribution < 1.29 is 9.21 Å². The van der Waals surface area contributed by atoms with Crippen LogP contribution in [0.3, 0.4) is 0 Å². The van der Waals surface area contributed by atoms with Gasteiger partial charge in [-0.15, -0.1) is 0 Å². The Balaban J connectivity index is 1.98. The average Bonchev–Trinajstić information content (AvgIpc) is 2.55. The van der Waals surface area contributed by atoms with Crippen LogP contribution in [0, 0.1) is 0 Å². The van der Waals surface area contributed by atoms with E-state index in [1.165, 1.54) is 25.5 Å². The van der Waals surface area contributed by atoms with Crippen molar-refractivity contribution in [1.82, 2.24) is 4.90 Å². The lowest BCUT2D eigenvalue weighted by molar-refractivity contribution is 0.0696. The van der Waals surface area contributed by atoms with Gasteiger partial charge in [-0.05, 0) is 18.9 Å². The van der Waals surface area contributed by atoms with E-state index in [4.69, 9.17) is 4.42 Å². The standard InChI is InChI=1S/C17H19NO3/c1-18(12-7-3-2-4-8-12)16(19)15-11-21-17(20)14-10-6-5-9-13(14)15/h5-6,9-12H,2-4,7-8H2,1H3. The maximum absolute atomic E-state index is 12.7. The number of hydrogen-bond acceptors (Lipinski definition) is 3. The van der Waals surface area contributed by atoms with Crippen LogP contribution >= 0.6 is 0 Å². The minimum Gasteiger partial charge on any atom is -0.430 e. The summed E-state index contributed by atoms with van der Waals surface area (Å²) in [7, 11) is 1.85. The molecule has 1 heterocycles. The van der Waals surface area contributed by atoms with Gasteiger partial charge in [0, 0.05) is 18.5 Å². The van der Waals surface area contributed by atoms with Gasteiger partial charge in [-0.3, -0.25) is 4.79 Å². The van der Waals surface area contributed by atoms with E-state index in [0.717, 1.165) is 12.8 Å². The summed E-state index contributed by atoms with van der Waals surface area (Å²) in [4.78, 5) is 26.3. The topological polar surface area (TPSA) is 50.5 Å². The Morgan fingerprint density at radius 2 is 1.81 bits per heavy atom. The van der Waals surface area contributed by atoms with Gasteiger partial charge < -0.3 is 9.32 Å². The molecule has 4 nitrogen and oxygen atoms in total. The number of rotatable bonds is 2. The molecule has 0 N–H and O–H groups in total. The molecule has 1 aliphatic rings. The van der Waals surface area contributed by atoms with Crippen molar-refractivity contribution in [3.63, 3.8) is 0 Å². The Labute approximate surface area is 123 Å². The van der Waals surface area contributed by atoms with Gasteiger partial charge in [0.15, 0.2) is 0 Å². The third kappa shape index (κ3) is 2.58. The van der Waals surface area contributed by atoms with Crippen molar-refractivity contribution in [2.45, 2.75) is 38.1 Å². The second-order valence-electron chi connectivity index (χ2n) is 5.69. The summed E-state index contributed by atoms with van der Waals surface area (Å²) in [5.41, 5.74) is 0.0701. The van der Waals surface area contributed by atoms with E-state index < -0.39 is 5.63 Å². The van der Waals surface area contributed by atoms with Crippen LogP contribution in [-0.4, -0.2) is 23.9 Å². The highest BCUT2D eigenvalue weighted by Crippen LogP contribution is 2.24. The number of benzene rings is 1. The number of amides is 1. The number of hydrogen-bond donors (Lipinski definition) is 0. The molecule has 1 fully saturated rings. The second kappa shape index (κ2) is 5.72. The molecule has 1 aromatic carbocycles. The van der Waals surface area contributed by atoms with Gasteiger partial charge in [0.25, 0.3) is 5.91 Å². The molecule has 1 saturated carbocycles. The van der Waals surface area contributed by atoms with Crippen LogP contribution in [0.2, 0.25) is 0 Å². The Kier molecular flexibility index (Phi) is 3.78. The molecule has 0 atom stereocenters. The first-order chi connectivity index (χ1) is 10.2. The Morgan fingerprint density at radius 3 is 2.52 bits per heavy atom. The van der Waals surface area contributed by atoms with Crippen molar-refractivity contribution in [2.75, 3.05) is 7.05 Å². The van der Waals surface area contributed by atoms with E-state index in [0.29, 0.717) is 16.3 Å². The second-order valence-corrected chi connectivity index (χ2v) is 5.69. The van der Waals surface area contributed by atoms with Crippen LogP contribution < -0.4 is 5.63 Å². The zero-order chi connectivity index (χ0) is 14.8. The minimum absolute atomic E-state index is 0.0677. The van der Waals surface area contributed by atoms with Crippen LogP contribution in [0.15, 0.2) is 39.7 Å². The van der Waals surface area contributed by atoms with E-state index in [-0.39, 0.29) is 11.9 Å². The fourth-order valence-corrected chi connectivity index (χ4v) is 3.13. The fraction of sp³-hybridized carbons (Fsp3) is 0.412. The highest BCUT2D eigenvalue weighted by atomic mass is 16.4. The maximum Gasteiger partial charge on any atom is 0.343 e. The molecule has 2 aromatic rings. The molecule has 0 spiro atoms. The van der Waals surface area contributed by atoms with Crippen molar-refractivity contribution in [3.8, 4) is 0 Å². The molecule has 110 valence electrons. The van der Waals surface area contributed by atoms with Crippen LogP contribution in [0.25, 0.3) is 10.8 Å². The van der Waals surface area contributed by atoms with Gasteiger partial charge >= 0.3 is 5.63 Å². The fourth-order valence-electron chi connectivity index (χ4n) is 3.13. The summed E-state index contributed by atoms with van der Waals surface area (Å²) in [6.07, 6.45) is 7.00. The minimum atomic E-state index is -0.400. The summed E-state index contributed by atoms with van der Waals surface area (Å²) in [6, 6.07) is 7.39. The molecule has 4 heteroatoms. The van der Waals surface area contributed by atoms with Gasteiger partial charge in [-0.1, -0.05) is 37.5 Å². The molecule has 1 aliphatic carbocycles. The van der Waals surface area contributed by atoms with E-state index >= 15 is 0 Å². The molecule has 0 radical (unpaired) electrons. The number of carbonyl (C=O) groups excluding carboxylic acids is 1. The molecular formula is C17H19NO3. The van der Waals surface area contributed by atoms with E-state index in [1.54, 1.807) is 23.1 Å². The van der Waals surface area contributed by atoms with Gasteiger partial charge in [-0.2, -0.15) is 0 Å². The number of fused-ring (bicyclic) bond motifs is 1.